The lowest BCUT2D eigenvalue weighted by molar-refractivity contribution is 0.322. The van der Waals surface area contributed by atoms with Gasteiger partial charge in [0.15, 0.2) is 0 Å². The van der Waals surface area contributed by atoms with Gasteiger partial charge in [-0.3, -0.25) is 0 Å². The molecule has 0 heterocycles. The van der Waals surface area contributed by atoms with Crippen molar-refractivity contribution in [2.24, 2.45) is 5.16 Å². The zero-order chi connectivity index (χ0) is 17.9. The van der Waals surface area contributed by atoms with Crippen LogP contribution in [0.15, 0.2) is 47.6 Å². The van der Waals surface area contributed by atoms with Crippen LogP contribution in [0.25, 0.3) is 11.1 Å². The Morgan fingerprint density at radius 1 is 0.880 bits per heavy atom. The molecule has 0 spiro atoms. The van der Waals surface area contributed by atoms with E-state index in [1.807, 2.05) is 36.4 Å². The van der Waals surface area contributed by atoms with E-state index in [0.29, 0.717) is 5.75 Å². The molecule has 0 aliphatic rings. The fraction of sp³-hybridized carbons (Fsp3) is 0.409. The van der Waals surface area contributed by atoms with Crippen molar-refractivity contribution in [2.45, 2.75) is 58.3 Å². The van der Waals surface area contributed by atoms with E-state index in [1.165, 1.54) is 56.7 Å². The third-order valence-corrected chi connectivity index (χ3v) is 4.56. The zero-order valence-electron chi connectivity index (χ0n) is 15.1. The van der Waals surface area contributed by atoms with Gasteiger partial charge in [-0.05, 0) is 35.6 Å². The van der Waals surface area contributed by atoms with Crippen molar-refractivity contribution < 1.29 is 10.3 Å². The number of nitrogens with zero attached hydrogens (tertiary/aromatic N) is 1. The van der Waals surface area contributed by atoms with Crippen molar-refractivity contribution in [3.8, 4) is 16.9 Å². The number of hydrogen-bond acceptors (Lipinski definition) is 3. The smallest absolute Gasteiger partial charge is 0.123 e. The molecular weight excluding hydrogens is 310 g/mol. The minimum Gasteiger partial charge on any atom is -0.507 e. The van der Waals surface area contributed by atoms with Crippen molar-refractivity contribution in [1.82, 2.24) is 0 Å². The molecule has 0 aliphatic heterocycles. The first-order valence-corrected chi connectivity index (χ1v) is 9.34. The van der Waals surface area contributed by atoms with E-state index >= 15 is 0 Å². The molecule has 2 aromatic rings. The number of oxime groups is 1. The topological polar surface area (TPSA) is 52.8 Å². The summed E-state index contributed by atoms with van der Waals surface area (Å²) in [6.07, 6.45) is 11.5. The molecule has 0 aliphatic carbocycles. The first kappa shape index (κ1) is 19.0. The normalized spacial score (nSPS) is 11.2. The number of benzene rings is 2. The first-order valence-electron chi connectivity index (χ1n) is 9.34. The molecule has 2 N–H and O–H groups in total. The van der Waals surface area contributed by atoms with Gasteiger partial charge >= 0.3 is 0 Å². The Kier molecular flexibility index (Phi) is 8.03. The standard InChI is InChI=1S/C22H29NO2/c1-2-3-4-5-6-7-8-9-18-12-15-21(22(24)16-18)20-13-10-19(11-14-20)17-23-25/h10-17,24-25H,2-9H2,1H3/b23-17+. The van der Waals surface area contributed by atoms with Crippen LogP contribution in [0.3, 0.4) is 0 Å². The second-order valence-electron chi connectivity index (χ2n) is 6.59. The van der Waals surface area contributed by atoms with Crippen molar-refractivity contribution in [3.05, 3.63) is 53.6 Å². The summed E-state index contributed by atoms with van der Waals surface area (Å²) in [4.78, 5) is 0. The van der Waals surface area contributed by atoms with Crippen LogP contribution in [0.1, 0.15) is 63.0 Å². The maximum Gasteiger partial charge on any atom is 0.123 e. The Bertz CT molecular complexity index is 662. The maximum absolute atomic E-state index is 10.4. The van der Waals surface area contributed by atoms with E-state index in [4.69, 9.17) is 5.21 Å². The second-order valence-corrected chi connectivity index (χ2v) is 6.59. The molecule has 0 saturated carbocycles. The summed E-state index contributed by atoms with van der Waals surface area (Å²) in [5.74, 6) is 0.323. The van der Waals surface area contributed by atoms with E-state index in [9.17, 15) is 5.11 Å². The molecule has 3 nitrogen and oxygen atoms in total. The molecule has 0 fully saturated rings. The van der Waals surface area contributed by atoms with Crippen LogP contribution < -0.4 is 0 Å². The van der Waals surface area contributed by atoms with E-state index in [-0.39, 0.29) is 0 Å². The molecule has 25 heavy (non-hydrogen) atoms. The molecule has 0 radical (unpaired) electrons. The summed E-state index contributed by atoms with van der Waals surface area (Å²) >= 11 is 0. The molecule has 0 aromatic heterocycles. The molecule has 0 unspecified atom stereocenters. The van der Waals surface area contributed by atoms with Crippen LogP contribution >= 0.6 is 0 Å². The van der Waals surface area contributed by atoms with Gasteiger partial charge in [0.1, 0.15) is 5.75 Å². The minimum absolute atomic E-state index is 0.323. The molecule has 134 valence electrons. The highest BCUT2D eigenvalue weighted by Gasteiger charge is 2.06. The Balaban J connectivity index is 1.87. The third kappa shape index (κ3) is 6.26. The number of hydrogen-bond donors (Lipinski definition) is 2. The fourth-order valence-corrected chi connectivity index (χ4v) is 3.08. The molecule has 2 aromatic carbocycles. The molecule has 3 heteroatoms. The number of unbranched alkanes of at least 4 members (excludes halogenated alkanes) is 6. The number of phenolic OH excluding ortho intramolecular Hbond substituents is 1. The molecular formula is C22H29NO2. The van der Waals surface area contributed by atoms with E-state index < -0.39 is 0 Å². The number of rotatable bonds is 10. The Hall–Kier alpha value is -2.29. The zero-order valence-corrected chi connectivity index (χ0v) is 15.1. The van der Waals surface area contributed by atoms with Gasteiger partial charge in [-0.2, -0.15) is 0 Å². The van der Waals surface area contributed by atoms with Crippen molar-refractivity contribution in [3.63, 3.8) is 0 Å². The average molecular weight is 339 g/mol. The summed E-state index contributed by atoms with van der Waals surface area (Å²) in [5.41, 5.74) is 3.80. The van der Waals surface area contributed by atoms with Gasteiger partial charge in [0.2, 0.25) is 0 Å². The predicted octanol–water partition coefficient (Wildman–Crippen LogP) is 6.16. The Labute approximate surface area is 151 Å². The van der Waals surface area contributed by atoms with Crippen LogP contribution in [0.5, 0.6) is 5.75 Å². The van der Waals surface area contributed by atoms with Crippen LogP contribution in [0, 0.1) is 0 Å². The van der Waals surface area contributed by atoms with Gasteiger partial charge in [0.05, 0.1) is 6.21 Å². The number of aromatic hydroxyl groups is 1. The third-order valence-electron chi connectivity index (χ3n) is 4.56. The van der Waals surface area contributed by atoms with Crippen molar-refractivity contribution >= 4 is 6.21 Å². The lowest BCUT2D eigenvalue weighted by Gasteiger charge is -2.08. The Morgan fingerprint density at radius 2 is 1.56 bits per heavy atom. The maximum atomic E-state index is 10.4. The van der Waals surface area contributed by atoms with E-state index in [1.54, 1.807) is 0 Å². The molecule has 0 atom stereocenters. The van der Waals surface area contributed by atoms with Crippen LogP contribution in [-0.4, -0.2) is 16.5 Å². The lowest BCUT2D eigenvalue weighted by Crippen LogP contribution is -1.88. The van der Waals surface area contributed by atoms with Gasteiger partial charge < -0.3 is 10.3 Å². The molecule has 2 rings (SSSR count). The van der Waals surface area contributed by atoms with Gasteiger partial charge in [-0.1, -0.05) is 87.0 Å². The largest absolute Gasteiger partial charge is 0.507 e. The summed E-state index contributed by atoms with van der Waals surface area (Å²) in [6, 6.07) is 13.5. The molecule has 0 saturated heterocycles. The lowest BCUT2D eigenvalue weighted by atomic mass is 9.99. The number of phenols is 1. The van der Waals surface area contributed by atoms with Crippen LogP contribution in [0.2, 0.25) is 0 Å². The van der Waals surface area contributed by atoms with Crippen molar-refractivity contribution in [2.75, 3.05) is 0 Å². The summed E-state index contributed by atoms with van der Waals surface area (Å²) in [6.45, 7) is 2.24. The Morgan fingerprint density at radius 3 is 2.20 bits per heavy atom. The van der Waals surface area contributed by atoms with E-state index in [2.05, 4.69) is 18.1 Å². The van der Waals surface area contributed by atoms with Gasteiger partial charge in [-0.15, -0.1) is 0 Å². The van der Waals surface area contributed by atoms with Gasteiger partial charge in [0.25, 0.3) is 0 Å². The predicted molar refractivity (Wildman–Crippen MR) is 105 cm³/mol. The highest BCUT2D eigenvalue weighted by Crippen LogP contribution is 2.30. The van der Waals surface area contributed by atoms with E-state index in [0.717, 1.165) is 23.1 Å². The fourth-order valence-electron chi connectivity index (χ4n) is 3.08. The summed E-state index contributed by atoms with van der Waals surface area (Å²) < 4.78 is 0. The molecule has 0 bridgehead atoms. The SMILES string of the molecule is CCCCCCCCCc1ccc(-c2ccc(/C=N/O)cc2)c(O)c1. The van der Waals surface area contributed by atoms with Crippen LogP contribution in [0.4, 0.5) is 0 Å². The molecule has 0 amide bonds. The highest BCUT2D eigenvalue weighted by molar-refractivity contribution is 5.81. The van der Waals surface area contributed by atoms with Gasteiger partial charge in [-0.25, -0.2) is 0 Å². The van der Waals surface area contributed by atoms with Crippen molar-refractivity contribution in [1.29, 1.82) is 0 Å². The van der Waals surface area contributed by atoms with Gasteiger partial charge in [0, 0.05) is 5.56 Å². The first-order chi connectivity index (χ1) is 12.2. The second kappa shape index (κ2) is 10.5. The van der Waals surface area contributed by atoms with Crippen LogP contribution in [-0.2, 0) is 6.42 Å². The quantitative estimate of drug-likeness (QED) is 0.236. The minimum atomic E-state index is 0.323. The average Bonchev–Trinajstić information content (AvgIpc) is 2.62. The number of aryl methyl sites for hydroxylation is 1. The highest BCUT2D eigenvalue weighted by atomic mass is 16.4. The summed E-state index contributed by atoms with van der Waals surface area (Å²) in [5, 5.41) is 21.9. The summed E-state index contributed by atoms with van der Waals surface area (Å²) in [7, 11) is 0. The monoisotopic (exact) mass is 339 g/mol.